The Labute approximate surface area is 131 Å². The predicted molar refractivity (Wildman–Crippen MR) is 85.0 cm³/mol. The lowest BCUT2D eigenvalue weighted by atomic mass is 9.93. The van der Waals surface area contributed by atoms with Crippen molar-refractivity contribution in [2.75, 3.05) is 7.11 Å². The summed E-state index contributed by atoms with van der Waals surface area (Å²) in [5.74, 6) is 0.191. The number of hydrogen-bond acceptors (Lipinski definition) is 6. The number of carbonyl (C=O) groups is 1. The fourth-order valence-corrected chi connectivity index (χ4v) is 3.01. The van der Waals surface area contributed by atoms with Crippen molar-refractivity contribution < 1.29 is 9.53 Å². The van der Waals surface area contributed by atoms with Crippen LogP contribution in [0.3, 0.4) is 0 Å². The van der Waals surface area contributed by atoms with E-state index < -0.39 is 5.97 Å². The maximum atomic E-state index is 11.8. The molecule has 0 aliphatic rings. The fourth-order valence-electron chi connectivity index (χ4n) is 2.02. The molecule has 0 bridgehead atoms. The Bertz CT molecular complexity index is 845. The van der Waals surface area contributed by atoms with E-state index in [4.69, 9.17) is 4.74 Å². The smallest absolute Gasteiger partial charge is 0.340 e. The summed E-state index contributed by atoms with van der Waals surface area (Å²) < 4.78 is 4.78. The molecule has 3 heterocycles. The van der Waals surface area contributed by atoms with Crippen LogP contribution < -0.4 is 0 Å². The zero-order valence-electron chi connectivity index (χ0n) is 12.8. The topological polar surface area (TPSA) is 80.8 Å². The number of carbonyl (C=O) groups excluding carboxylic acids is 1. The van der Waals surface area contributed by atoms with E-state index in [2.05, 4.69) is 40.7 Å². The van der Waals surface area contributed by atoms with Gasteiger partial charge < -0.3 is 9.72 Å². The van der Waals surface area contributed by atoms with Crippen LogP contribution in [0.15, 0.2) is 17.6 Å². The van der Waals surface area contributed by atoms with E-state index in [1.807, 2.05) is 5.38 Å². The number of H-pyrrole nitrogens is 1. The summed E-state index contributed by atoms with van der Waals surface area (Å²) in [6.45, 7) is 6.34. The van der Waals surface area contributed by atoms with Crippen molar-refractivity contribution >= 4 is 28.5 Å². The second-order valence-electron chi connectivity index (χ2n) is 5.92. The van der Waals surface area contributed by atoms with Crippen molar-refractivity contribution in [3.8, 4) is 10.8 Å². The number of methoxy groups -OCH3 is 1. The highest BCUT2D eigenvalue weighted by molar-refractivity contribution is 7.13. The molecule has 0 atom stereocenters. The highest BCUT2D eigenvalue weighted by Crippen LogP contribution is 2.29. The number of thiazole rings is 1. The molecule has 0 radical (unpaired) electrons. The third-order valence-electron chi connectivity index (χ3n) is 3.27. The van der Waals surface area contributed by atoms with Gasteiger partial charge in [0.1, 0.15) is 0 Å². The molecule has 0 unspecified atom stereocenters. The summed E-state index contributed by atoms with van der Waals surface area (Å²) in [5.41, 5.74) is 2.45. The van der Waals surface area contributed by atoms with Gasteiger partial charge in [0.15, 0.2) is 16.5 Å². The molecule has 0 fully saturated rings. The largest absolute Gasteiger partial charge is 0.465 e. The summed E-state index contributed by atoms with van der Waals surface area (Å²) in [6.07, 6.45) is 1.54. The lowest BCUT2D eigenvalue weighted by Crippen LogP contribution is -2.11. The number of rotatable bonds is 2. The first-order chi connectivity index (χ1) is 10.4. The van der Waals surface area contributed by atoms with Gasteiger partial charge in [0, 0.05) is 17.0 Å². The number of nitrogens with one attached hydrogen (secondary N) is 1. The van der Waals surface area contributed by atoms with Crippen molar-refractivity contribution in [2.24, 2.45) is 0 Å². The molecular weight excluding hydrogens is 300 g/mol. The van der Waals surface area contributed by atoms with Gasteiger partial charge in [0.05, 0.1) is 23.9 Å². The van der Waals surface area contributed by atoms with Crippen molar-refractivity contribution in [2.45, 2.75) is 26.2 Å². The van der Waals surface area contributed by atoms with Crippen LogP contribution in [0.2, 0.25) is 0 Å². The predicted octanol–water partition coefficient (Wildman–Crippen LogP) is 3.17. The maximum absolute atomic E-state index is 11.8. The number of aromatic amines is 1. The minimum Gasteiger partial charge on any atom is -0.465 e. The zero-order valence-corrected chi connectivity index (χ0v) is 13.6. The third kappa shape index (κ3) is 2.48. The molecule has 114 valence electrons. The lowest BCUT2D eigenvalue weighted by molar-refractivity contribution is 0.0602. The van der Waals surface area contributed by atoms with E-state index in [-0.39, 0.29) is 5.41 Å². The molecule has 0 aromatic carbocycles. The maximum Gasteiger partial charge on any atom is 0.340 e. The molecule has 22 heavy (non-hydrogen) atoms. The minimum absolute atomic E-state index is 0.0177. The van der Waals surface area contributed by atoms with Crippen LogP contribution in [-0.4, -0.2) is 33.0 Å². The zero-order chi connectivity index (χ0) is 15.9. The van der Waals surface area contributed by atoms with Crippen LogP contribution in [0.5, 0.6) is 0 Å². The van der Waals surface area contributed by atoms with Crippen molar-refractivity contribution in [1.82, 2.24) is 19.9 Å². The van der Waals surface area contributed by atoms with Crippen LogP contribution in [0.1, 0.15) is 36.8 Å². The highest BCUT2D eigenvalue weighted by atomic mass is 32.1. The van der Waals surface area contributed by atoms with Gasteiger partial charge in [-0.3, -0.25) is 0 Å². The minimum atomic E-state index is -0.419. The van der Waals surface area contributed by atoms with Gasteiger partial charge in [-0.1, -0.05) is 20.8 Å². The summed E-state index contributed by atoms with van der Waals surface area (Å²) in [5, 5.41) is 2.80. The Kier molecular flexibility index (Phi) is 3.44. The second kappa shape index (κ2) is 5.17. The molecule has 0 saturated carbocycles. The fraction of sp³-hybridized carbons (Fsp3) is 0.333. The van der Waals surface area contributed by atoms with Crippen molar-refractivity contribution in [3.05, 3.63) is 28.9 Å². The van der Waals surface area contributed by atoms with E-state index in [0.29, 0.717) is 22.6 Å². The number of pyridine rings is 1. The molecule has 0 amide bonds. The first-order valence-electron chi connectivity index (χ1n) is 6.79. The molecule has 3 rings (SSSR count). The Hall–Kier alpha value is -2.28. The van der Waals surface area contributed by atoms with Gasteiger partial charge in [0.2, 0.25) is 0 Å². The Morgan fingerprint density at radius 2 is 2.09 bits per heavy atom. The molecule has 1 N–H and O–H groups in total. The summed E-state index contributed by atoms with van der Waals surface area (Å²) in [4.78, 5) is 28.2. The Balaban J connectivity index is 2.09. The van der Waals surface area contributed by atoms with Gasteiger partial charge >= 0.3 is 5.97 Å². The summed E-state index contributed by atoms with van der Waals surface area (Å²) in [7, 11) is 1.35. The average molecular weight is 316 g/mol. The van der Waals surface area contributed by atoms with E-state index in [0.717, 1.165) is 10.7 Å². The highest BCUT2D eigenvalue weighted by Gasteiger charge is 2.20. The molecule has 7 heteroatoms. The first kappa shape index (κ1) is 14.6. The lowest BCUT2D eigenvalue weighted by Gasteiger charge is -2.13. The van der Waals surface area contributed by atoms with E-state index in [1.54, 1.807) is 12.3 Å². The normalized spacial score (nSPS) is 11.8. The molecule has 6 nitrogen and oxygen atoms in total. The number of imidazole rings is 1. The summed E-state index contributed by atoms with van der Waals surface area (Å²) >= 11 is 1.52. The molecular formula is C15H16N4O2S. The van der Waals surface area contributed by atoms with E-state index >= 15 is 0 Å². The van der Waals surface area contributed by atoms with Crippen LogP contribution >= 0.6 is 11.3 Å². The third-order valence-corrected chi connectivity index (χ3v) is 4.12. The first-order valence-corrected chi connectivity index (χ1v) is 7.67. The number of ether oxygens (including phenoxy) is 1. The number of nitrogens with zero attached hydrogens (tertiary/aromatic N) is 3. The second-order valence-corrected chi connectivity index (χ2v) is 6.78. The number of hydrogen-bond donors (Lipinski definition) is 1. The molecule has 3 aromatic rings. The van der Waals surface area contributed by atoms with E-state index in [9.17, 15) is 4.79 Å². The van der Waals surface area contributed by atoms with Crippen LogP contribution in [-0.2, 0) is 10.2 Å². The monoisotopic (exact) mass is 316 g/mol. The van der Waals surface area contributed by atoms with Gasteiger partial charge in [-0.15, -0.1) is 11.3 Å². The Morgan fingerprint density at radius 3 is 2.73 bits per heavy atom. The van der Waals surface area contributed by atoms with Crippen molar-refractivity contribution in [3.63, 3.8) is 0 Å². The standard InChI is InChI=1S/C15H16N4O2S/c1-15(2,3)9-7-22-13(17-9)12-18-10-8(14(20)21-4)5-6-16-11(10)19-12/h5-7H,1-4H3,(H,16,18,19). The molecule has 0 saturated heterocycles. The van der Waals surface area contributed by atoms with Crippen LogP contribution in [0.4, 0.5) is 0 Å². The van der Waals surface area contributed by atoms with Crippen LogP contribution in [0.25, 0.3) is 22.0 Å². The number of fused-ring (bicyclic) bond motifs is 1. The van der Waals surface area contributed by atoms with Crippen LogP contribution in [0, 0.1) is 0 Å². The molecule has 3 aromatic heterocycles. The number of esters is 1. The SMILES string of the molecule is COC(=O)c1ccnc2nc(-c3nc(C(C)(C)C)cs3)[nH]c12. The van der Waals surface area contributed by atoms with Gasteiger partial charge in [-0.25, -0.2) is 19.7 Å². The number of aromatic nitrogens is 4. The summed E-state index contributed by atoms with van der Waals surface area (Å²) in [6, 6.07) is 1.61. The van der Waals surface area contributed by atoms with Crippen molar-refractivity contribution in [1.29, 1.82) is 0 Å². The van der Waals surface area contributed by atoms with Gasteiger partial charge in [-0.2, -0.15) is 0 Å². The van der Waals surface area contributed by atoms with Gasteiger partial charge in [-0.05, 0) is 6.07 Å². The average Bonchev–Trinajstić information content (AvgIpc) is 3.11. The van der Waals surface area contributed by atoms with E-state index in [1.165, 1.54) is 18.4 Å². The Morgan fingerprint density at radius 1 is 1.32 bits per heavy atom. The molecule has 0 spiro atoms. The molecule has 0 aliphatic heterocycles. The molecule has 0 aliphatic carbocycles. The van der Waals surface area contributed by atoms with Gasteiger partial charge in [0.25, 0.3) is 0 Å². The quantitative estimate of drug-likeness (QED) is 0.734.